The van der Waals surface area contributed by atoms with Gasteiger partial charge in [0.1, 0.15) is 0 Å². The number of halogens is 2. The average molecular weight is 476 g/mol. The molecule has 9 heteroatoms. The van der Waals surface area contributed by atoms with Crippen LogP contribution in [0.15, 0.2) is 18.2 Å². The Balaban J connectivity index is 1.47. The number of sulfonamides is 1. The molecule has 6 nitrogen and oxygen atoms in total. The minimum Gasteiger partial charge on any atom is -0.340 e. The van der Waals surface area contributed by atoms with Gasteiger partial charge in [0.15, 0.2) is 0 Å². The molecule has 1 aliphatic heterocycles. The van der Waals surface area contributed by atoms with Gasteiger partial charge in [-0.05, 0) is 57.2 Å². The molecule has 1 saturated heterocycles. The van der Waals surface area contributed by atoms with Crippen LogP contribution in [0.4, 0.5) is 0 Å². The molecule has 0 unspecified atom stereocenters. The highest BCUT2D eigenvalue weighted by molar-refractivity contribution is 7.88. The van der Waals surface area contributed by atoms with Crippen LogP contribution >= 0.6 is 23.2 Å². The van der Waals surface area contributed by atoms with Crippen molar-refractivity contribution in [2.24, 2.45) is 5.92 Å². The minimum absolute atomic E-state index is 0.00595. The Bertz CT molecular complexity index is 847. The Morgan fingerprint density at radius 1 is 1.07 bits per heavy atom. The fourth-order valence-corrected chi connectivity index (χ4v) is 6.09. The lowest BCUT2D eigenvalue weighted by atomic mass is 9.85. The summed E-state index contributed by atoms with van der Waals surface area (Å²) in [6.07, 6.45) is 2.82. The normalized spacial score (nSPS) is 23.7. The van der Waals surface area contributed by atoms with Gasteiger partial charge in [0.2, 0.25) is 15.9 Å². The quantitative estimate of drug-likeness (QED) is 0.682. The molecule has 1 aliphatic carbocycles. The Kier molecular flexibility index (Phi) is 8.07. The Hall–Kier alpha value is -0.860. The first-order valence-electron chi connectivity index (χ1n) is 10.6. The van der Waals surface area contributed by atoms with E-state index < -0.39 is 10.0 Å². The topological polar surface area (TPSA) is 69.7 Å². The SMILES string of the molecule is CC(C)N1CCN(C(=O)[C@H]2CC[C@H](NS(=O)(=O)Cc3ccc(Cl)c(Cl)c3)CC2)CC1. The van der Waals surface area contributed by atoms with Crippen LogP contribution in [0.3, 0.4) is 0 Å². The summed E-state index contributed by atoms with van der Waals surface area (Å²) < 4.78 is 27.9. The zero-order chi connectivity index (χ0) is 21.9. The highest BCUT2D eigenvalue weighted by atomic mass is 35.5. The number of carbonyl (C=O) groups excluding carboxylic acids is 1. The fraction of sp³-hybridized carbons (Fsp3) is 0.667. The predicted molar refractivity (Wildman–Crippen MR) is 121 cm³/mol. The lowest BCUT2D eigenvalue weighted by Crippen LogP contribution is -2.52. The molecular weight excluding hydrogens is 445 g/mol. The Labute approximate surface area is 189 Å². The Morgan fingerprint density at radius 3 is 2.27 bits per heavy atom. The van der Waals surface area contributed by atoms with E-state index in [1.54, 1.807) is 18.2 Å². The summed E-state index contributed by atoms with van der Waals surface area (Å²) in [5, 5.41) is 0.747. The van der Waals surface area contributed by atoms with Crippen LogP contribution in [-0.2, 0) is 20.6 Å². The maximum atomic E-state index is 12.9. The van der Waals surface area contributed by atoms with Crippen LogP contribution in [0.25, 0.3) is 0 Å². The number of nitrogens with zero attached hydrogens (tertiary/aromatic N) is 2. The molecule has 0 bridgehead atoms. The van der Waals surface area contributed by atoms with E-state index in [0.29, 0.717) is 34.5 Å². The van der Waals surface area contributed by atoms with E-state index in [0.717, 1.165) is 39.0 Å². The van der Waals surface area contributed by atoms with E-state index in [1.807, 2.05) is 4.90 Å². The van der Waals surface area contributed by atoms with Crippen molar-refractivity contribution in [1.29, 1.82) is 0 Å². The van der Waals surface area contributed by atoms with Crippen molar-refractivity contribution in [3.63, 3.8) is 0 Å². The smallest absolute Gasteiger partial charge is 0.225 e. The molecule has 1 aromatic carbocycles. The molecule has 0 aromatic heterocycles. The second kappa shape index (κ2) is 10.2. The van der Waals surface area contributed by atoms with Gasteiger partial charge >= 0.3 is 0 Å². The molecule has 0 radical (unpaired) electrons. The van der Waals surface area contributed by atoms with Crippen LogP contribution in [0, 0.1) is 5.92 Å². The fourth-order valence-electron chi connectivity index (χ4n) is 4.32. The van der Waals surface area contributed by atoms with Crippen LogP contribution in [0.5, 0.6) is 0 Å². The summed E-state index contributed by atoms with van der Waals surface area (Å²) >= 11 is 11.9. The first kappa shape index (κ1) is 23.8. The molecule has 1 N–H and O–H groups in total. The minimum atomic E-state index is -3.49. The number of nitrogens with one attached hydrogen (secondary N) is 1. The van der Waals surface area contributed by atoms with Gasteiger partial charge in [0.05, 0.1) is 15.8 Å². The van der Waals surface area contributed by atoms with E-state index in [2.05, 4.69) is 23.5 Å². The van der Waals surface area contributed by atoms with Gasteiger partial charge in [-0.25, -0.2) is 13.1 Å². The van der Waals surface area contributed by atoms with Gasteiger partial charge in [-0.3, -0.25) is 9.69 Å². The Morgan fingerprint density at radius 2 is 1.70 bits per heavy atom. The van der Waals surface area contributed by atoms with Gasteiger partial charge in [-0.1, -0.05) is 29.3 Å². The molecule has 2 aliphatic rings. The van der Waals surface area contributed by atoms with E-state index in [9.17, 15) is 13.2 Å². The van der Waals surface area contributed by atoms with Crippen molar-refractivity contribution >= 4 is 39.1 Å². The monoisotopic (exact) mass is 475 g/mol. The summed E-state index contributed by atoms with van der Waals surface area (Å²) in [7, 11) is -3.49. The van der Waals surface area contributed by atoms with Gasteiger partial charge < -0.3 is 4.90 Å². The predicted octanol–water partition coefficient (Wildman–Crippen LogP) is 3.52. The summed E-state index contributed by atoms with van der Waals surface area (Å²) in [6, 6.07) is 5.24. The largest absolute Gasteiger partial charge is 0.340 e. The number of carbonyl (C=O) groups is 1. The standard InChI is InChI=1S/C21H31Cl2N3O3S/c1-15(2)25-9-11-26(12-10-25)21(27)17-4-6-18(7-5-17)24-30(28,29)14-16-3-8-19(22)20(23)13-16/h3,8,13,15,17-18,24H,4-7,9-12,14H2,1-2H3/t17-,18-. The molecule has 1 aromatic rings. The van der Waals surface area contributed by atoms with Crippen molar-refractivity contribution in [3.05, 3.63) is 33.8 Å². The van der Waals surface area contributed by atoms with Gasteiger partial charge in [-0.15, -0.1) is 0 Å². The van der Waals surface area contributed by atoms with Crippen molar-refractivity contribution in [1.82, 2.24) is 14.5 Å². The van der Waals surface area contributed by atoms with Gasteiger partial charge in [0.25, 0.3) is 0 Å². The van der Waals surface area contributed by atoms with E-state index in [1.165, 1.54) is 0 Å². The first-order chi connectivity index (χ1) is 14.1. The van der Waals surface area contributed by atoms with Gasteiger partial charge in [-0.2, -0.15) is 0 Å². The molecule has 1 saturated carbocycles. The molecule has 1 heterocycles. The van der Waals surface area contributed by atoms with Crippen molar-refractivity contribution in [2.45, 2.75) is 57.4 Å². The van der Waals surface area contributed by atoms with Crippen LogP contribution in [0.1, 0.15) is 45.1 Å². The van der Waals surface area contributed by atoms with E-state index in [4.69, 9.17) is 23.2 Å². The highest BCUT2D eigenvalue weighted by Crippen LogP contribution is 2.28. The van der Waals surface area contributed by atoms with Crippen LogP contribution in [0.2, 0.25) is 10.0 Å². The summed E-state index contributed by atoms with van der Waals surface area (Å²) in [6.45, 7) is 7.78. The summed E-state index contributed by atoms with van der Waals surface area (Å²) in [4.78, 5) is 17.2. The number of rotatable bonds is 6. The van der Waals surface area contributed by atoms with E-state index in [-0.39, 0.29) is 23.6 Å². The molecule has 30 heavy (non-hydrogen) atoms. The van der Waals surface area contributed by atoms with E-state index >= 15 is 0 Å². The maximum Gasteiger partial charge on any atom is 0.225 e. The molecule has 2 fully saturated rings. The molecule has 0 atom stereocenters. The van der Waals surface area contributed by atoms with Crippen molar-refractivity contribution in [3.8, 4) is 0 Å². The zero-order valence-electron chi connectivity index (χ0n) is 17.6. The lowest BCUT2D eigenvalue weighted by molar-refractivity contribution is -0.138. The number of amides is 1. The summed E-state index contributed by atoms with van der Waals surface area (Å²) in [5.74, 6) is 0.102. The van der Waals surface area contributed by atoms with Crippen molar-refractivity contribution < 1.29 is 13.2 Å². The second-order valence-corrected chi connectivity index (χ2v) is 11.2. The first-order valence-corrected chi connectivity index (χ1v) is 13.0. The molecule has 0 spiro atoms. The number of benzene rings is 1. The third-order valence-electron chi connectivity index (χ3n) is 6.12. The lowest BCUT2D eigenvalue weighted by Gasteiger charge is -2.39. The molecule has 3 rings (SSSR count). The third-order valence-corrected chi connectivity index (χ3v) is 8.26. The zero-order valence-corrected chi connectivity index (χ0v) is 19.9. The number of hydrogen-bond donors (Lipinski definition) is 1. The van der Waals surface area contributed by atoms with Crippen LogP contribution in [-0.4, -0.2) is 62.4 Å². The highest BCUT2D eigenvalue weighted by Gasteiger charge is 2.32. The average Bonchev–Trinajstić information content (AvgIpc) is 2.70. The number of piperazine rings is 1. The number of hydrogen-bond acceptors (Lipinski definition) is 4. The summed E-state index contributed by atoms with van der Waals surface area (Å²) in [5.41, 5.74) is 0.598. The molecule has 1 amide bonds. The maximum absolute atomic E-state index is 12.9. The van der Waals surface area contributed by atoms with Crippen LogP contribution < -0.4 is 4.72 Å². The molecule has 168 valence electrons. The third kappa shape index (κ3) is 6.33. The second-order valence-electron chi connectivity index (χ2n) is 8.63. The van der Waals surface area contributed by atoms with Gasteiger partial charge in [0, 0.05) is 44.2 Å². The molecular formula is C21H31Cl2N3O3S. The van der Waals surface area contributed by atoms with Crippen molar-refractivity contribution in [2.75, 3.05) is 26.2 Å².